The number of benzene rings is 1. The van der Waals surface area contributed by atoms with Crippen molar-refractivity contribution >= 4 is 0 Å². The summed E-state index contributed by atoms with van der Waals surface area (Å²) in [5, 5.41) is 0. The van der Waals surface area contributed by atoms with Gasteiger partial charge in [-0.1, -0.05) is 0 Å². The highest BCUT2D eigenvalue weighted by atomic mass is 19.1. The van der Waals surface area contributed by atoms with Crippen molar-refractivity contribution < 1.29 is 13.5 Å². The molecule has 0 fully saturated rings. The summed E-state index contributed by atoms with van der Waals surface area (Å²) in [5.74, 6) is -1.66. The maximum absolute atomic E-state index is 13.6. The van der Waals surface area contributed by atoms with Crippen molar-refractivity contribution in [3.63, 3.8) is 0 Å². The van der Waals surface area contributed by atoms with Crippen LogP contribution in [0.2, 0.25) is 0 Å². The van der Waals surface area contributed by atoms with Crippen LogP contribution in [0, 0.1) is 18.6 Å². The van der Waals surface area contributed by atoms with Gasteiger partial charge in [0, 0.05) is 6.04 Å². The predicted octanol–water partition coefficient (Wildman–Crippen LogP) is 2.17. The molecule has 0 aliphatic rings. The van der Waals surface area contributed by atoms with E-state index in [1.54, 1.807) is 13.8 Å². The van der Waals surface area contributed by atoms with Gasteiger partial charge in [-0.25, -0.2) is 8.78 Å². The van der Waals surface area contributed by atoms with Crippen LogP contribution in [0.25, 0.3) is 0 Å². The number of hydrogen-bond acceptors (Lipinski definition) is 2. The number of rotatable bonds is 3. The monoisotopic (exact) mass is 215 g/mol. The van der Waals surface area contributed by atoms with Gasteiger partial charge in [0.05, 0.1) is 7.11 Å². The summed E-state index contributed by atoms with van der Waals surface area (Å²) < 4.78 is 31.5. The number of halogens is 2. The highest BCUT2D eigenvalue weighted by molar-refractivity contribution is 5.38. The van der Waals surface area contributed by atoms with Crippen LogP contribution >= 0.6 is 0 Å². The van der Waals surface area contributed by atoms with E-state index >= 15 is 0 Å². The lowest BCUT2D eigenvalue weighted by Crippen LogP contribution is -2.19. The van der Waals surface area contributed by atoms with E-state index in [-0.39, 0.29) is 11.8 Å². The number of methoxy groups -OCH3 is 1. The Kier molecular flexibility index (Phi) is 3.63. The lowest BCUT2D eigenvalue weighted by Gasteiger charge is -2.12. The third kappa shape index (κ3) is 2.45. The highest BCUT2D eigenvalue weighted by Crippen LogP contribution is 2.27. The fourth-order valence-corrected chi connectivity index (χ4v) is 1.49. The summed E-state index contributed by atoms with van der Waals surface area (Å²) in [4.78, 5) is 0. The van der Waals surface area contributed by atoms with Gasteiger partial charge in [0.25, 0.3) is 0 Å². The van der Waals surface area contributed by atoms with Crippen LogP contribution in [0.1, 0.15) is 18.1 Å². The normalized spacial score (nSPS) is 12.7. The first-order valence-corrected chi connectivity index (χ1v) is 4.74. The fraction of sp³-hybridized carbons (Fsp3) is 0.455. The van der Waals surface area contributed by atoms with Crippen molar-refractivity contribution in [1.29, 1.82) is 0 Å². The second-order valence-electron chi connectivity index (χ2n) is 3.67. The number of nitrogens with two attached hydrogens (primary N) is 1. The van der Waals surface area contributed by atoms with Gasteiger partial charge < -0.3 is 10.5 Å². The number of ether oxygens (including phenoxy) is 1. The zero-order chi connectivity index (χ0) is 11.6. The summed E-state index contributed by atoms with van der Waals surface area (Å²) in [6, 6.07) is 1.15. The van der Waals surface area contributed by atoms with Gasteiger partial charge in [0.15, 0.2) is 17.4 Å². The quantitative estimate of drug-likeness (QED) is 0.838. The molecule has 0 aliphatic heterocycles. The molecule has 15 heavy (non-hydrogen) atoms. The van der Waals surface area contributed by atoms with Crippen LogP contribution in [0.4, 0.5) is 8.78 Å². The molecule has 1 aromatic rings. The minimum atomic E-state index is -0.684. The standard InChI is InChI=1S/C11H15F2NO/c1-6(14)4-8-5-9(12)11(15-3)10(13)7(8)2/h5-6H,4,14H2,1-3H3. The average molecular weight is 215 g/mol. The van der Waals surface area contributed by atoms with Gasteiger partial charge in [0.2, 0.25) is 0 Å². The first-order valence-electron chi connectivity index (χ1n) is 4.74. The van der Waals surface area contributed by atoms with E-state index in [2.05, 4.69) is 4.74 Å². The molecule has 0 amide bonds. The highest BCUT2D eigenvalue weighted by Gasteiger charge is 2.16. The van der Waals surface area contributed by atoms with E-state index < -0.39 is 11.6 Å². The largest absolute Gasteiger partial charge is 0.491 e. The third-order valence-electron chi connectivity index (χ3n) is 2.27. The Morgan fingerprint density at radius 3 is 2.53 bits per heavy atom. The molecule has 1 unspecified atom stereocenters. The van der Waals surface area contributed by atoms with Gasteiger partial charge in [-0.15, -0.1) is 0 Å². The SMILES string of the molecule is COc1c(F)cc(CC(C)N)c(C)c1F. The molecule has 1 rings (SSSR count). The molecule has 0 saturated heterocycles. The molecular weight excluding hydrogens is 200 g/mol. The van der Waals surface area contributed by atoms with Crippen LogP contribution in [0.3, 0.4) is 0 Å². The van der Waals surface area contributed by atoms with Gasteiger partial charge in [-0.05, 0) is 37.5 Å². The van der Waals surface area contributed by atoms with Crippen molar-refractivity contribution in [1.82, 2.24) is 0 Å². The Hall–Kier alpha value is -1.16. The van der Waals surface area contributed by atoms with E-state index in [9.17, 15) is 8.78 Å². The van der Waals surface area contributed by atoms with Crippen LogP contribution < -0.4 is 10.5 Å². The van der Waals surface area contributed by atoms with Gasteiger partial charge in [-0.2, -0.15) is 0 Å². The van der Waals surface area contributed by atoms with E-state index in [0.29, 0.717) is 17.5 Å². The zero-order valence-electron chi connectivity index (χ0n) is 9.10. The van der Waals surface area contributed by atoms with Crippen molar-refractivity contribution in [2.75, 3.05) is 7.11 Å². The van der Waals surface area contributed by atoms with Crippen LogP contribution in [-0.2, 0) is 6.42 Å². The summed E-state index contributed by atoms with van der Waals surface area (Å²) in [6.45, 7) is 3.38. The Labute approximate surface area is 88.0 Å². The summed E-state index contributed by atoms with van der Waals surface area (Å²) in [6.07, 6.45) is 0.448. The van der Waals surface area contributed by atoms with Crippen molar-refractivity contribution in [3.8, 4) is 5.75 Å². The molecule has 84 valence electrons. The van der Waals surface area contributed by atoms with Crippen LogP contribution in [0.5, 0.6) is 5.75 Å². The maximum Gasteiger partial charge on any atom is 0.190 e. The predicted molar refractivity (Wildman–Crippen MR) is 55.0 cm³/mol. The smallest absolute Gasteiger partial charge is 0.190 e. The van der Waals surface area contributed by atoms with Crippen LogP contribution in [-0.4, -0.2) is 13.2 Å². The molecule has 2 N–H and O–H groups in total. The third-order valence-corrected chi connectivity index (χ3v) is 2.27. The molecule has 2 nitrogen and oxygen atoms in total. The van der Waals surface area contributed by atoms with Crippen molar-refractivity contribution in [2.24, 2.45) is 5.73 Å². The molecule has 0 aromatic heterocycles. The molecular formula is C11H15F2NO. The van der Waals surface area contributed by atoms with Gasteiger partial charge in [0.1, 0.15) is 0 Å². The first-order chi connectivity index (χ1) is 6.97. The second kappa shape index (κ2) is 4.57. The zero-order valence-corrected chi connectivity index (χ0v) is 9.10. The van der Waals surface area contributed by atoms with Gasteiger partial charge in [-0.3, -0.25) is 0 Å². The van der Waals surface area contributed by atoms with E-state index in [1.807, 2.05) is 0 Å². The summed E-state index contributed by atoms with van der Waals surface area (Å²) in [5.41, 5.74) is 6.57. The van der Waals surface area contributed by atoms with Crippen molar-refractivity contribution in [3.05, 3.63) is 28.8 Å². The molecule has 0 radical (unpaired) electrons. The van der Waals surface area contributed by atoms with Gasteiger partial charge >= 0.3 is 0 Å². The van der Waals surface area contributed by atoms with Crippen LogP contribution in [0.15, 0.2) is 6.07 Å². The fourth-order valence-electron chi connectivity index (χ4n) is 1.49. The maximum atomic E-state index is 13.6. The Bertz CT molecular complexity index is 364. The van der Waals surface area contributed by atoms with E-state index in [1.165, 1.54) is 13.2 Å². The molecule has 1 aromatic carbocycles. The average Bonchev–Trinajstić information content (AvgIpc) is 2.14. The Morgan fingerprint density at radius 1 is 1.47 bits per heavy atom. The Morgan fingerprint density at radius 2 is 2.07 bits per heavy atom. The Balaban J connectivity index is 3.21. The molecule has 1 atom stereocenters. The number of hydrogen-bond donors (Lipinski definition) is 1. The minimum Gasteiger partial charge on any atom is -0.491 e. The molecule has 0 aliphatic carbocycles. The molecule has 0 saturated carbocycles. The molecule has 0 spiro atoms. The van der Waals surface area contributed by atoms with E-state index in [4.69, 9.17) is 5.73 Å². The molecule has 0 bridgehead atoms. The molecule has 0 heterocycles. The lowest BCUT2D eigenvalue weighted by molar-refractivity contribution is 0.357. The first kappa shape index (κ1) is 11.9. The van der Waals surface area contributed by atoms with E-state index in [0.717, 1.165) is 0 Å². The lowest BCUT2D eigenvalue weighted by atomic mass is 10.0. The second-order valence-corrected chi connectivity index (χ2v) is 3.67. The minimum absolute atomic E-state index is 0.129. The molecule has 4 heteroatoms. The summed E-state index contributed by atoms with van der Waals surface area (Å²) >= 11 is 0. The topological polar surface area (TPSA) is 35.2 Å². The summed E-state index contributed by atoms with van der Waals surface area (Å²) in [7, 11) is 1.24. The van der Waals surface area contributed by atoms with Crippen molar-refractivity contribution in [2.45, 2.75) is 26.3 Å².